The van der Waals surface area contributed by atoms with Crippen molar-refractivity contribution in [3.05, 3.63) is 51.2 Å². The number of carbonyl (C=O) groups is 1. The highest BCUT2D eigenvalue weighted by Gasteiger charge is 2.19. The van der Waals surface area contributed by atoms with Crippen LogP contribution in [0, 0.1) is 10.1 Å². The summed E-state index contributed by atoms with van der Waals surface area (Å²) < 4.78 is 10.3. The van der Waals surface area contributed by atoms with E-state index < -0.39 is 10.8 Å². The lowest BCUT2D eigenvalue weighted by atomic mass is 10.1. The van der Waals surface area contributed by atoms with Crippen molar-refractivity contribution in [3.8, 4) is 11.5 Å². The zero-order valence-electron chi connectivity index (χ0n) is 13.7. The molecule has 26 heavy (non-hydrogen) atoms. The number of nitro benzene ring substituents is 1. The molecule has 0 fully saturated rings. The number of halogens is 1. The number of amides is 1. The second-order valence-corrected chi connectivity index (χ2v) is 5.61. The molecule has 10 heteroatoms. The molecular weight excluding hydrogens is 364 g/mol. The van der Waals surface area contributed by atoms with Gasteiger partial charge in [0.1, 0.15) is 11.5 Å². The Morgan fingerprint density at radius 1 is 1.23 bits per heavy atom. The van der Waals surface area contributed by atoms with E-state index in [1.807, 2.05) is 0 Å². The minimum atomic E-state index is -0.573. The van der Waals surface area contributed by atoms with Crippen LogP contribution in [0.3, 0.4) is 0 Å². The van der Waals surface area contributed by atoms with E-state index in [-0.39, 0.29) is 16.4 Å². The third-order valence-electron chi connectivity index (χ3n) is 3.69. The molecule has 0 saturated heterocycles. The Bertz CT molecular complexity index is 1020. The van der Waals surface area contributed by atoms with Crippen molar-refractivity contribution in [2.75, 3.05) is 19.5 Å². The average molecular weight is 377 g/mol. The van der Waals surface area contributed by atoms with Gasteiger partial charge in [0.2, 0.25) is 0 Å². The SMILES string of the molecule is COc1cc(OC)c(NC(=O)c2n[nH]c3ccc([N+](=O)[O-])cc23)cc1Cl. The maximum Gasteiger partial charge on any atom is 0.276 e. The van der Waals surface area contributed by atoms with Gasteiger partial charge >= 0.3 is 0 Å². The van der Waals surface area contributed by atoms with Gasteiger partial charge in [0.05, 0.1) is 35.4 Å². The highest BCUT2D eigenvalue weighted by atomic mass is 35.5. The molecule has 1 amide bonds. The summed E-state index contributed by atoms with van der Waals surface area (Å²) in [6, 6.07) is 7.11. The summed E-state index contributed by atoms with van der Waals surface area (Å²) in [6.07, 6.45) is 0. The van der Waals surface area contributed by atoms with E-state index in [1.165, 1.54) is 44.6 Å². The fraction of sp³-hybridized carbons (Fsp3) is 0.125. The second-order valence-electron chi connectivity index (χ2n) is 5.20. The minimum absolute atomic E-state index is 0.0118. The highest BCUT2D eigenvalue weighted by Crippen LogP contribution is 2.36. The van der Waals surface area contributed by atoms with E-state index in [1.54, 1.807) is 0 Å². The maximum atomic E-state index is 12.6. The fourth-order valence-electron chi connectivity index (χ4n) is 2.43. The van der Waals surface area contributed by atoms with Crippen molar-refractivity contribution in [3.63, 3.8) is 0 Å². The molecule has 3 rings (SSSR count). The van der Waals surface area contributed by atoms with Crippen LogP contribution in [0.5, 0.6) is 11.5 Å². The van der Waals surface area contributed by atoms with Gasteiger partial charge in [0, 0.05) is 23.6 Å². The van der Waals surface area contributed by atoms with Crippen LogP contribution in [-0.4, -0.2) is 35.2 Å². The first kappa shape index (κ1) is 17.5. The number of nitrogens with one attached hydrogen (secondary N) is 2. The van der Waals surface area contributed by atoms with Crippen LogP contribution in [0.15, 0.2) is 30.3 Å². The van der Waals surface area contributed by atoms with Crippen molar-refractivity contribution in [1.82, 2.24) is 10.2 Å². The Labute approximate surface area is 152 Å². The number of aromatic nitrogens is 2. The summed E-state index contributed by atoms with van der Waals surface area (Å²) in [7, 11) is 2.90. The number of ether oxygens (including phenoxy) is 2. The number of carbonyl (C=O) groups excluding carboxylic acids is 1. The molecule has 1 heterocycles. The molecule has 0 spiro atoms. The molecule has 1 aromatic heterocycles. The first-order valence-corrected chi connectivity index (χ1v) is 7.67. The van der Waals surface area contributed by atoms with Crippen LogP contribution in [0.25, 0.3) is 10.9 Å². The molecule has 0 aliphatic carbocycles. The van der Waals surface area contributed by atoms with Gasteiger partial charge in [-0.05, 0) is 12.1 Å². The van der Waals surface area contributed by atoms with Crippen molar-refractivity contribution in [2.45, 2.75) is 0 Å². The number of anilines is 1. The van der Waals surface area contributed by atoms with Crippen LogP contribution in [-0.2, 0) is 0 Å². The zero-order valence-corrected chi connectivity index (χ0v) is 14.5. The second kappa shape index (κ2) is 6.89. The molecule has 0 unspecified atom stereocenters. The number of non-ortho nitro benzene ring substituents is 1. The number of fused-ring (bicyclic) bond motifs is 1. The number of H-pyrrole nitrogens is 1. The molecule has 0 radical (unpaired) electrons. The lowest BCUT2D eigenvalue weighted by molar-refractivity contribution is -0.384. The van der Waals surface area contributed by atoms with Gasteiger partial charge in [-0.1, -0.05) is 11.6 Å². The Morgan fingerprint density at radius 3 is 2.62 bits per heavy atom. The highest BCUT2D eigenvalue weighted by molar-refractivity contribution is 6.32. The van der Waals surface area contributed by atoms with Crippen LogP contribution in [0.1, 0.15) is 10.5 Å². The van der Waals surface area contributed by atoms with Gasteiger partial charge in [-0.15, -0.1) is 0 Å². The molecule has 2 aromatic carbocycles. The molecule has 0 saturated carbocycles. The smallest absolute Gasteiger partial charge is 0.276 e. The molecule has 0 atom stereocenters. The predicted molar refractivity (Wildman–Crippen MR) is 95.3 cm³/mol. The summed E-state index contributed by atoms with van der Waals surface area (Å²) in [5.41, 5.74) is 0.682. The minimum Gasteiger partial charge on any atom is -0.495 e. The summed E-state index contributed by atoms with van der Waals surface area (Å²) in [4.78, 5) is 23.0. The number of benzene rings is 2. The van der Waals surface area contributed by atoms with E-state index in [0.717, 1.165) is 0 Å². The third kappa shape index (κ3) is 3.11. The number of hydrogen-bond donors (Lipinski definition) is 2. The fourth-order valence-corrected chi connectivity index (χ4v) is 2.67. The van der Waals surface area contributed by atoms with Gasteiger partial charge in [0.15, 0.2) is 5.69 Å². The topological polar surface area (TPSA) is 119 Å². The third-order valence-corrected chi connectivity index (χ3v) is 3.99. The maximum absolute atomic E-state index is 12.6. The van der Waals surface area contributed by atoms with Crippen LogP contribution in [0.4, 0.5) is 11.4 Å². The monoisotopic (exact) mass is 376 g/mol. The van der Waals surface area contributed by atoms with Crippen molar-refractivity contribution >= 4 is 39.8 Å². The molecule has 134 valence electrons. The summed E-state index contributed by atoms with van der Waals surface area (Å²) in [5.74, 6) is 0.157. The van der Waals surface area contributed by atoms with Crippen LogP contribution >= 0.6 is 11.6 Å². The molecule has 3 aromatic rings. The van der Waals surface area contributed by atoms with E-state index in [0.29, 0.717) is 28.1 Å². The van der Waals surface area contributed by atoms with Crippen molar-refractivity contribution < 1.29 is 19.2 Å². The zero-order chi connectivity index (χ0) is 18.8. The Hall–Kier alpha value is -3.33. The van der Waals surface area contributed by atoms with E-state index in [4.69, 9.17) is 21.1 Å². The van der Waals surface area contributed by atoms with E-state index in [9.17, 15) is 14.9 Å². The first-order valence-electron chi connectivity index (χ1n) is 7.30. The Morgan fingerprint density at radius 2 is 1.96 bits per heavy atom. The number of hydrogen-bond acceptors (Lipinski definition) is 6. The van der Waals surface area contributed by atoms with E-state index >= 15 is 0 Å². The molecule has 0 aliphatic rings. The predicted octanol–water partition coefficient (Wildman–Crippen LogP) is 3.39. The Balaban J connectivity index is 1.98. The molecule has 0 bridgehead atoms. The average Bonchev–Trinajstić information content (AvgIpc) is 3.05. The number of rotatable bonds is 5. The molecule has 2 N–H and O–H groups in total. The van der Waals surface area contributed by atoms with Crippen molar-refractivity contribution in [1.29, 1.82) is 0 Å². The number of methoxy groups -OCH3 is 2. The number of aromatic amines is 1. The van der Waals surface area contributed by atoms with E-state index in [2.05, 4.69) is 15.5 Å². The molecule has 9 nitrogen and oxygen atoms in total. The lowest BCUT2D eigenvalue weighted by Gasteiger charge is -2.12. The van der Waals surface area contributed by atoms with Crippen molar-refractivity contribution in [2.24, 2.45) is 0 Å². The van der Waals surface area contributed by atoms with Gasteiger partial charge in [-0.3, -0.25) is 20.0 Å². The summed E-state index contributed by atoms with van der Waals surface area (Å²) >= 11 is 6.09. The first-order chi connectivity index (χ1) is 12.4. The normalized spacial score (nSPS) is 10.6. The standard InChI is InChI=1S/C16H13ClN4O5/c1-25-13-7-14(26-2)12(6-10(13)17)18-16(22)15-9-5-8(21(23)24)3-4-11(9)19-20-15/h3-7H,1-2H3,(H,18,22)(H,19,20). The van der Waals surface area contributed by atoms with Gasteiger partial charge < -0.3 is 14.8 Å². The summed E-state index contributed by atoms with van der Waals surface area (Å²) in [6.45, 7) is 0. The quantitative estimate of drug-likeness (QED) is 0.520. The summed E-state index contributed by atoms with van der Waals surface area (Å²) in [5, 5.41) is 20.8. The van der Waals surface area contributed by atoms with Gasteiger partial charge in [0.25, 0.3) is 11.6 Å². The number of nitro groups is 1. The number of nitrogens with zero attached hydrogens (tertiary/aromatic N) is 2. The molecule has 0 aliphatic heterocycles. The van der Waals surface area contributed by atoms with Crippen LogP contribution in [0.2, 0.25) is 5.02 Å². The largest absolute Gasteiger partial charge is 0.495 e. The van der Waals surface area contributed by atoms with Gasteiger partial charge in [-0.2, -0.15) is 5.10 Å². The van der Waals surface area contributed by atoms with Gasteiger partial charge in [-0.25, -0.2) is 0 Å². The molecular formula is C16H13ClN4O5. The van der Waals surface area contributed by atoms with Crippen LogP contribution < -0.4 is 14.8 Å². The Kier molecular flexibility index (Phi) is 4.63. The lowest BCUT2D eigenvalue weighted by Crippen LogP contribution is -2.13.